The quantitative estimate of drug-likeness (QED) is 0.159. The zero-order chi connectivity index (χ0) is 25.0. The molecule has 0 amide bonds. The van der Waals surface area contributed by atoms with E-state index in [0.29, 0.717) is 5.56 Å². The van der Waals surface area contributed by atoms with Crippen molar-refractivity contribution in [3.63, 3.8) is 0 Å². The molecule has 1 heterocycles. The average Bonchev–Trinajstić information content (AvgIpc) is 2.80. The van der Waals surface area contributed by atoms with Crippen LogP contribution >= 0.6 is 0 Å². The zero-order valence-corrected chi connectivity index (χ0v) is 17.4. The van der Waals surface area contributed by atoms with E-state index in [9.17, 15) is 40.2 Å². The highest BCUT2D eigenvalue weighted by Crippen LogP contribution is 2.31. The van der Waals surface area contributed by atoms with Crippen molar-refractivity contribution in [1.29, 1.82) is 0 Å². The summed E-state index contributed by atoms with van der Waals surface area (Å²) in [4.78, 5) is 23.0. The highest BCUT2D eigenvalue weighted by atomic mass is 16.7. The number of hydrogen-bond donors (Lipinski definition) is 7. The van der Waals surface area contributed by atoms with Crippen LogP contribution in [0.15, 0.2) is 42.5 Å². The number of phenolic OH excluding ortho intramolecular Hbond substituents is 3. The maximum atomic E-state index is 12.0. The molecule has 1 saturated heterocycles. The molecular formula is C22H22O12. The van der Waals surface area contributed by atoms with E-state index in [-0.39, 0.29) is 22.8 Å². The molecule has 182 valence electrons. The average molecular weight is 478 g/mol. The van der Waals surface area contributed by atoms with Gasteiger partial charge in [-0.1, -0.05) is 6.07 Å². The molecule has 0 saturated carbocycles. The van der Waals surface area contributed by atoms with Crippen LogP contribution in [0, 0.1) is 0 Å². The minimum atomic E-state index is -1.75. The summed E-state index contributed by atoms with van der Waals surface area (Å²) in [6, 6.07) is 7.05. The molecule has 34 heavy (non-hydrogen) atoms. The summed E-state index contributed by atoms with van der Waals surface area (Å²) >= 11 is 0. The van der Waals surface area contributed by atoms with Crippen LogP contribution in [0.4, 0.5) is 0 Å². The van der Waals surface area contributed by atoms with Crippen molar-refractivity contribution in [2.45, 2.75) is 30.7 Å². The van der Waals surface area contributed by atoms with Gasteiger partial charge in [0.1, 0.15) is 31.0 Å². The second-order valence-corrected chi connectivity index (χ2v) is 7.33. The molecule has 1 fully saturated rings. The maximum absolute atomic E-state index is 12.0. The number of aromatic hydroxyl groups is 3. The Hall–Kier alpha value is -3.84. The molecule has 7 N–H and O–H groups in total. The van der Waals surface area contributed by atoms with Crippen LogP contribution in [-0.2, 0) is 14.3 Å². The lowest BCUT2D eigenvalue weighted by Crippen LogP contribution is -2.60. The first-order valence-corrected chi connectivity index (χ1v) is 9.86. The van der Waals surface area contributed by atoms with Gasteiger partial charge in [0.25, 0.3) is 0 Å². The first kappa shape index (κ1) is 24.8. The molecule has 1 aliphatic rings. The number of aliphatic hydroxyl groups is 3. The highest BCUT2D eigenvalue weighted by molar-refractivity contribution is 5.88. The number of aliphatic hydroxyl groups excluding tert-OH is 3. The lowest BCUT2D eigenvalue weighted by molar-refractivity contribution is -0.278. The van der Waals surface area contributed by atoms with E-state index < -0.39 is 55.0 Å². The summed E-state index contributed by atoms with van der Waals surface area (Å²) in [5.41, 5.74) is 0.174. The molecule has 0 aromatic heterocycles. The fraction of sp³-hybridized carbons (Fsp3) is 0.273. The van der Waals surface area contributed by atoms with Gasteiger partial charge in [-0.25, -0.2) is 9.59 Å². The summed E-state index contributed by atoms with van der Waals surface area (Å²) < 4.78 is 15.7. The van der Waals surface area contributed by atoms with Crippen LogP contribution in [0.25, 0.3) is 6.08 Å². The van der Waals surface area contributed by atoms with Crippen molar-refractivity contribution < 1.29 is 59.5 Å². The third kappa shape index (κ3) is 5.74. The summed E-state index contributed by atoms with van der Waals surface area (Å²) in [7, 11) is 0. The van der Waals surface area contributed by atoms with Crippen LogP contribution in [0.2, 0.25) is 0 Å². The fourth-order valence-corrected chi connectivity index (χ4v) is 3.05. The van der Waals surface area contributed by atoms with E-state index in [1.54, 1.807) is 0 Å². The first-order chi connectivity index (χ1) is 16.1. The second kappa shape index (κ2) is 10.4. The first-order valence-electron chi connectivity index (χ1n) is 9.86. The number of rotatable bonds is 7. The van der Waals surface area contributed by atoms with Gasteiger partial charge in [-0.3, -0.25) is 0 Å². The molecule has 2 aromatic carbocycles. The van der Waals surface area contributed by atoms with Gasteiger partial charge in [0, 0.05) is 6.08 Å². The smallest absolute Gasteiger partial charge is 0.335 e. The Morgan fingerprint density at radius 3 is 2.29 bits per heavy atom. The van der Waals surface area contributed by atoms with Gasteiger partial charge in [0.2, 0.25) is 6.29 Å². The summed E-state index contributed by atoms with van der Waals surface area (Å²) in [6.45, 7) is -0.543. The molecule has 12 heteroatoms. The monoisotopic (exact) mass is 478 g/mol. The summed E-state index contributed by atoms with van der Waals surface area (Å²) in [5.74, 6) is -3.67. The van der Waals surface area contributed by atoms with Gasteiger partial charge < -0.3 is 50.0 Å². The Bertz CT molecular complexity index is 1080. The van der Waals surface area contributed by atoms with E-state index in [2.05, 4.69) is 0 Å². The van der Waals surface area contributed by atoms with Crippen molar-refractivity contribution in [2.75, 3.05) is 6.61 Å². The van der Waals surface area contributed by atoms with Crippen LogP contribution in [0.5, 0.6) is 23.0 Å². The van der Waals surface area contributed by atoms with Crippen LogP contribution < -0.4 is 4.74 Å². The van der Waals surface area contributed by atoms with Crippen molar-refractivity contribution in [3.8, 4) is 23.0 Å². The standard InChI is InChI=1S/C22H22O12/c23-12-4-1-10(7-13(12)24)2-6-17(26)32-9-16-18(27)19(28)20(29)22(34-16)33-15-5-3-11(21(30)31)8-14(15)25/h1-8,16,18-20,22-25,27-29H,9H2,(H,30,31)/b6-2+/t16-,18-,19+,20-,22-/m1/s1. The highest BCUT2D eigenvalue weighted by Gasteiger charge is 2.45. The molecule has 0 unspecified atom stereocenters. The predicted octanol–water partition coefficient (Wildman–Crippen LogP) is -0.0554. The van der Waals surface area contributed by atoms with Gasteiger partial charge in [0.05, 0.1) is 5.56 Å². The molecule has 5 atom stereocenters. The summed E-state index contributed by atoms with van der Waals surface area (Å²) in [5, 5.41) is 68.1. The van der Waals surface area contributed by atoms with Gasteiger partial charge in [0.15, 0.2) is 23.0 Å². The van der Waals surface area contributed by atoms with Crippen molar-refractivity contribution in [2.24, 2.45) is 0 Å². The topological polar surface area (TPSA) is 203 Å². The number of hydrogen-bond acceptors (Lipinski definition) is 11. The molecular weight excluding hydrogens is 456 g/mol. The molecule has 0 bridgehead atoms. The Morgan fingerprint density at radius 1 is 0.912 bits per heavy atom. The van der Waals surface area contributed by atoms with Crippen molar-refractivity contribution in [1.82, 2.24) is 0 Å². The molecule has 0 radical (unpaired) electrons. The lowest BCUT2D eigenvalue weighted by Gasteiger charge is -2.39. The minimum absolute atomic E-state index is 0.217. The van der Waals surface area contributed by atoms with Crippen molar-refractivity contribution >= 4 is 18.0 Å². The number of carbonyl (C=O) groups excluding carboxylic acids is 1. The van der Waals surface area contributed by atoms with E-state index in [4.69, 9.17) is 19.3 Å². The maximum Gasteiger partial charge on any atom is 0.335 e. The molecule has 12 nitrogen and oxygen atoms in total. The number of phenols is 3. The number of esters is 1. The fourth-order valence-electron chi connectivity index (χ4n) is 3.05. The van der Waals surface area contributed by atoms with E-state index in [0.717, 1.165) is 24.3 Å². The van der Waals surface area contributed by atoms with E-state index in [1.165, 1.54) is 24.3 Å². The number of aromatic carboxylic acids is 1. The third-order valence-corrected chi connectivity index (χ3v) is 4.92. The Balaban J connectivity index is 1.63. The normalized spacial score (nSPS) is 24.6. The molecule has 0 spiro atoms. The second-order valence-electron chi connectivity index (χ2n) is 7.33. The number of carbonyl (C=O) groups is 2. The number of carboxylic acids is 1. The third-order valence-electron chi connectivity index (χ3n) is 4.92. The van der Waals surface area contributed by atoms with Gasteiger partial charge in [-0.2, -0.15) is 0 Å². The SMILES string of the molecule is O=C(/C=C/c1ccc(O)c(O)c1)OC[C@H]1O[C@@H](Oc2ccc(C(=O)O)cc2O)[C@H](O)[C@@H](O)[C@@H]1O. The molecule has 2 aromatic rings. The largest absolute Gasteiger partial charge is 0.504 e. The Kier molecular flexibility index (Phi) is 7.58. The van der Waals surface area contributed by atoms with E-state index >= 15 is 0 Å². The molecule has 0 aliphatic carbocycles. The van der Waals surface area contributed by atoms with Gasteiger partial charge in [-0.15, -0.1) is 0 Å². The lowest BCUT2D eigenvalue weighted by atomic mass is 9.99. The van der Waals surface area contributed by atoms with Gasteiger partial charge in [-0.05, 0) is 42.0 Å². The Labute approximate surface area is 192 Å². The zero-order valence-electron chi connectivity index (χ0n) is 17.4. The van der Waals surface area contributed by atoms with Gasteiger partial charge >= 0.3 is 11.9 Å². The van der Waals surface area contributed by atoms with Crippen LogP contribution in [0.1, 0.15) is 15.9 Å². The minimum Gasteiger partial charge on any atom is -0.504 e. The van der Waals surface area contributed by atoms with Crippen LogP contribution in [-0.4, -0.2) is 85.0 Å². The van der Waals surface area contributed by atoms with Crippen molar-refractivity contribution in [3.05, 3.63) is 53.6 Å². The van der Waals surface area contributed by atoms with E-state index in [1.807, 2.05) is 0 Å². The Morgan fingerprint density at radius 2 is 1.65 bits per heavy atom. The number of carboxylic acid groups (broad SMARTS) is 1. The molecule has 1 aliphatic heterocycles. The number of benzene rings is 2. The summed E-state index contributed by atoms with van der Waals surface area (Å²) in [6.07, 6.45) is -5.75. The van der Waals surface area contributed by atoms with Crippen LogP contribution in [0.3, 0.4) is 0 Å². The number of ether oxygens (including phenoxy) is 3. The predicted molar refractivity (Wildman–Crippen MR) is 112 cm³/mol. The molecule has 3 rings (SSSR count).